The minimum absolute atomic E-state index is 0.0150. The fourth-order valence-electron chi connectivity index (χ4n) is 3.55. The van der Waals surface area contributed by atoms with Crippen molar-refractivity contribution in [2.45, 2.75) is 75.3 Å². The number of carbonyl (C=O) groups is 1. The molecule has 1 heterocycles. The predicted octanol–water partition coefficient (Wildman–Crippen LogP) is 5.55. The average molecular weight is 321 g/mol. The fraction of sp³-hybridized carbons (Fsp3) is 0.750. The van der Waals surface area contributed by atoms with Crippen LogP contribution >= 0.6 is 0 Å². The Balaban J connectivity index is 3.85. The summed E-state index contributed by atoms with van der Waals surface area (Å²) in [5.41, 5.74) is 4.96. The second-order valence-electron chi connectivity index (χ2n) is 8.14. The lowest BCUT2D eigenvalue weighted by Gasteiger charge is -2.33. The highest BCUT2D eigenvalue weighted by Crippen LogP contribution is 2.39. The van der Waals surface area contributed by atoms with Crippen molar-refractivity contribution in [1.29, 1.82) is 0 Å². The number of allylic oxidation sites excluding steroid dienone is 4. The van der Waals surface area contributed by atoms with Gasteiger partial charge < -0.3 is 5.32 Å². The Morgan fingerprint density at radius 1 is 0.696 bits per heavy atom. The molecular weight excluding hydrogens is 284 g/mol. The van der Waals surface area contributed by atoms with E-state index in [9.17, 15) is 4.79 Å². The van der Waals surface area contributed by atoms with Gasteiger partial charge in [-0.25, -0.2) is 4.79 Å². The van der Waals surface area contributed by atoms with Crippen molar-refractivity contribution in [3.8, 4) is 0 Å². The minimum Gasteiger partial charge on any atom is -0.311 e. The van der Waals surface area contributed by atoms with Gasteiger partial charge in [-0.2, -0.15) is 0 Å². The van der Waals surface area contributed by atoms with Gasteiger partial charge in [0.05, 0.1) is 0 Å². The first kappa shape index (κ1) is 19.8. The molecule has 0 aliphatic carbocycles. The summed E-state index contributed by atoms with van der Waals surface area (Å²) in [6.45, 7) is 21.8. The quantitative estimate of drug-likeness (QED) is 0.707. The van der Waals surface area contributed by atoms with Gasteiger partial charge in [0, 0.05) is 17.4 Å². The Morgan fingerprint density at radius 3 is 1.48 bits per heavy atom. The molecule has 2 amide bonds. The van der Waals surface area contributed by atoms with Gasteiger partial charge in [0.2, 0.25) is 0 Å². The molecule has 1 rings (SSSR count). The van der Waals surface area contributed by atoms with E-state index in [0.717, 1.165) is 5.70 Å². The molecule has 0 spiro atoms. The molecule has 0 saturated carbocycles. The highest BCUT2D eigenvalue weighted by Gasteiger charge is 2.34. The topological polar surface area (TPSA) is 32.3 Å². The lowest BCUT2D eigenvalue weighted by molar-refractivity contribution is 0.197. The van der Waals surface area contributed by atoms with Crippen LogP contribution in [0.25, 0.3) is 0 Å². The van der Waals surface area contributed by atoms with Crippen molar-refractivity contribution >= 4 is 6.03 Å². The monoisotopic (exact) mass is 320 g/mol. The van der Waals surface area contributed by atoms with Crippen LogP contribution in [0.15, 0.2) is 22.5 Å². The number of urea groups is 1. The van der Waals surface area contributed by atoms with Gasteiger partial charge in [-0.1, -0.05) is 55.4 Å². The van der Waals surface area contributed by atoms with Gasteiger partial charge in [-0.3, -0.25) is 4.90 Å². The van der Waals surface area contributed by atoms with Crippen molar-refractivity contribution in [2.75, 3.05) is 0 Å². The SMILES string of the molecule is CC(C)C1=C(C(C)C)C(C(C)C)=C(C(C)C)N(C(C)C)C(=O)N1. The maximum Gasteiger partial charge on any atom is 0.326 e. The van der Waals surface area contributed by atoms with Crippen LogP contribution in [0.5, 0.6) is 0 Å². The molecule has 0 aromatic carbocycles. The first-order valence-electron chi connectivity index (χ1n) is 9.09. The summed E-state index contributed by atoms with van der Waals surface area (Å²) in [6, 6.07) is 0.155. The number of rotatable bonds is 5. The first-order valence-corrected chi connectivity index (χ1v) is 9.09. The number of nitrogens with zero attached hydrogens (tertiary/aromatic N) is 1. The van der Waals surface area contributed by atoms with Gasteiger partial charge in [-0.15, -0.1) is 0 Å². The van der Waals surface area contributed by atoms with Gasteiger partial charge in [0.1, 0.15) is 0 Å². The normalized spacial score (nSPS) is 17.3. The number of hydrogen-bond donors (Lipinski definition) is 1. The van der Waals surface area contributed by atoms with E-state index < -0.39 is 0 Å². The van der Waals surface area contributed by atoms with E-state index in [1.54, 1.807) is 0 Å². The first-order chi connectivity index (χ1) is 10.5. The highest BCUT2D eigenvalue weighted by molar-refractivity contribution is 5.80. The van der Waals surface area contributed by atoms with Crippen LogP contribution in [-0.2, 0) is 0 Å². The Hall–Kier alpha value is -1.25. The van der Waals surface area contributed by atoms with Crippen LogP contribution < -0.4 is 5.32 Å². The standard InChI is InChI=1S/C20H36N2O/c1-11(2)16-17(12(3)4)19(14(7)8)22(15(9)10)20(23)21-18(16)13(5)6/h11-15H,1-10H3,(H,21,23). The predicted molar refractivity (Wildman–Crippen MR) is 98.9 cm³/mol. The van der Waals surface area contributed by atoms with Crippen molar-refractivity contribution < 1.29 is 4.79 Å². The molecule has 1 aliphatic heterocycles. The molecular formula is C20H36N2O. The average Bonchev–Trinajstić information content (AvgIpc) is 2.52. The Morgan fingerprint density at radius 2 is 1.17 bits per heavy atom. The van der Waals surface area contributed by atoms with E-state index in [1.807, 2.05) is 4.90 Å². The third-order valence-corrected chi connectivity index (χ3v) is 4.37. The van der Waals surface area contributed by atoms with Crippen LogP contribution in [0.2, 0.25) is 0 Å². The zero-order chi connectivity index (χ0) is 18.1. The summed E-state index contributed by atoms with van der Waals surface area (Å²) in [5.74, 6) is 1.37. The Labute approximate surface area is 143 Å². The number of nitrogens with one attached hydrogen (secondary N) is 1. The van der Waals surface area contributed by atoms with Crippen LogP contribution in [-0.4, -0.2) is 17.0 Å². The van der Waals surface area contributed by atoms with E-state index in [0.29, 0.717) is 23.7 Å². The number of hydrogen-bond acceptors (Lipinski definition) is 1. The van der Waals surface area contributed by atoms with Crippen molar-refractivity contribution in [2.24, 2.45) is 23.7 Å². The van der Waals surface area contributed by atoms with Crippen molar-refractivity contribution in [3.63, 3.8) is 0 Å². The molecule has 23 heavy (non-hydrogen) atoms. The van der Waals surface area contributed by atoms with Crippen LogP contribution in [0, 0.1) is 23.7 Å². The van der Waals surface area contributed by atoms with E-state index in [-0.39, 0.29) is 12.1 Å². The minimum atomic E-state index is 0.0150. The van der Waals surface area contributed by atoms with E-state index >= 15 is 0 Å². The number of carbonyl (C=O) groups excluding carboxylic acids is 1. The van der Waals surface area contributed by atoms with Crippen molar-refractivity contribution in [3.05, 3.63) is 22.5 Å². The molecule has 0 fully saturated rings. The molecule has 1 N–H and O–H groups in total. The van der Waals surface area contributed by atoms with Crippen LogP contribution in [0.4, 0.5) is 4.79 Å². The molecule has 0 bridgehead atoms. The molecule has 0 radical (unpaired) electrons. The van der Waals surface area contributed by atoms with Crippen LogP contribution in [0.3, 0.4) is 0 Å². The largest absolute Gasteiger partial charge is 0.326 e. The summed E-state index contributed by atoms with van der Waals surface area (Å²) in [7, 11) is 0. The zero-order valence-electron chi connectivity index (χ0n) is 16.7. The van der Waals surface area contributed by atoms with Crippen molar-refractivity contribution in [1.82, 2.24) is 10.2 Å². The molecule has 0 aromatic rings. The Kier molecular flexibility index (Phi) is 6.49. The van der Waals surface area contributed by atoms with Gasteiger partial charge in [0.15, 0.2) is 0 Å². The van der Waals surface area contributed by atoms with Gasteiger partial charge in [0.25, 0.3) is 0 Å². The molecule has 3 nitrogen and oxygen atoms in total. The maximum absolute atomic E-state index is 13.0. The lowest BCUT2D eigenvalue weighted by atomic mass is 9.81. The highest BCUT2D eigenvalue weighted by atomic mass is 16.2. The van der Waals surface area contributed by atoms with E-state index in [1.165, 1.54) is 16.8 Å². The molecule has 0 unspecified atom stereocenters. The Bertz CT molecular complexity index is 508. The fourth-order valence-corrected chi connectivity index (χ4v) is 3.55. The molecule has 0 atom stereocenters. The molecule has 0 saturated heterocycles. The summed E-state index contributed by atoms with van der Waals surface area (Å²) in [5, 5.41) is 3.24. The summed E-state index contributed by atoms with van der Waals surface area (Å²) < 4.78 is 0. The van der Waals surface area contributed by atoms with Gasteiger partial charge >= 0.3 is 6.03 Å². The molecule has 1 aliphatic rings. The van der Waals surface area contributed by atoms with E-state index in [4.69, 9.17) is 0 Å². The molecule has 3 heteroatoms. The zero-order valence-corrected chi connectivity index (χ0v) is 16.7. The maximum atomic E-state index is 13.0. The summed E-state index contributed by atoms with van der Waals surface area (Å²) in [6.07, 6.45) is 0. The third kappa shape index (κ3) is 3.99. The summed E-state index contributed by atoms with van der Waals surface area (Å²) in [4.78, 5) is 14.9. The van der Waals surface area contributed by atoms with Crippen LogP contribution in [0.1, 0.15) is 69.2 Å². The van der Waals surface area contributed by atoms with Gasteiger partial charge in [-0.05, 0) is 48.7 Å². The molecule has 0 aromatic heterocycles. The second-order valence-corrected chi connectivity index (χ2v) is 8.14. The number of amides is 2. The third-order valence-electron chi connectivity index (χ3n) is 4.37. The van der Waals surface area contributed by atoms with E-state index in [2.05, 4.69) is 74.6 Å². The smallest absolute Gasteiger partial charge is 0.311 e. The summed E-state index contributed by atoms with van der Waals surface area (Å²) >= 11 is 0. The lowest BCUT2D eigenvalue weighted by Crippen LogP contribution is -2.44. The molecule has 132 valence electrons. The second kappa shape index (κ2) is 7.55.